The number of nitrogens with zero attached hydrogens (tertiary/aromatic N) is 1. The molecule has 1 aliphatic carbocycles. The molecule has 3 atom stereocenters. The lowest BCUT2D eigenvalue weighted by Gasteiger charge is -2.39. The molecule has 3 aliphatic rings. The zero-order chi connectivity index (χ0) is 9.27. The van der Waals surface area contributed by atoms with E-state index in [2.05, 4.69) is 4.90 Å². The first-order chi connectivity index (χ1) is 6.04. The van der Waals surface area contributed by atoms with Gasteiger partial charge in [0.15, 0.2) is 0 Å². The van der Waals surface area contributed by atoms with Crippen LogP contribution in [-0.4, -0.2) is 44.3 Å². The molecule has 2 unspecified atom stereocenters. The van der Waals surface area contributed by atoms with E-state index < -0.39 is 10.1 Å². The summed E-state index contributed by atoms with van der Waals surface area (Å²) in [7, 11) is -3.26. The van der Waals surface area contributed by atoms with Gasteiger partial charge in [-0.3, -0.25) is 9.08 Å². The molecule has 0 aromatic carbocycles. The SMILES string of the molecule is CS(=O)(=O)OC1C2CCN3CC[C@]213. The minimum atomic E-state index is -3.26. The van der Waals surface area contributed by atoms with Gasteiger partial charge in [0.1, 0.15) is 6.10 Å². The largest absolute Gasteiger partial charge is 0.295 e. The maximum atomic E-state index is 10.9. The highest BCUT2D eigenvalue weighted by Gasteiger charge is 2.76. The van der Waals surface area contributed by atoms with E-state index in [4.69, 9.17) is 4.18 Å². The fourth-order valence-corrected chi connectivity index (χ4v) is 3.77. The summed E-state index contributed by atoms with van der Waals surface area (Å²) in [6, 6.07) is 0. The average molecular weight is 203 g/mol. The molecule has 1 spiro atoms. The maximum absolute atomic E-state index is 10.9. The lowest BCUT2D eigenvalue weighted by atomic mass is 10.0. The number of hydrogen-bond acceptors (Lipinski definition) is 4. The van der Waals surface area contributed by atoms with Crippen molar-refractivity contribution in [3.8, 4) is 0 Å². The number of piperidine rings is 1. The van der Waals surface area contributed by atoms with Gasteiger partial charge >= 0.3 is 0 Å². The fourth-order valence-electron chi connectivity index (χ4n) is 3.09. The molecule has 0 amide bonds. The Hall–Kier alpha value is -0.130. The smallest absolute Gasteiger partial charge is 0.264 e. The monoisotopic (exact) mass is 203 g/mol. The first-order valence-electron chi connectivity index (χ1n) is 4.67. The topological polar surface area (TPSA) is 46.6 Å². The van der Waals surface area contributed by atoms with E-state index in [1.165, 1.54) is 0 Å². The second-order valence-electron chi connectivity index (χ2n) is 4.34. The number of rotatable bonds is 2. The van der Waals surface area contributed by atoms with Crippen LogP contribution in [-0.2, 0) is 14.3 Å². The van der Waals surface area contributed by atoms with Crippen LogP contribution < -0.4 is 0 Å². The second-order valence-corrected chi connectivity index (χ2v) is 5.95. The molecule has 74 valence electrons. The van der Waals surface area contributed by atoms with Crippen LogP contribution >= 0.6 is 0 Å². The Kier molecular flexibility index (Phi) is 1.32. The van der Waals surface area contributed by atoms with Gasteiger partial charge in [-0.05, 0) is 19.4 Å². The van der Waals surface area contributed by atoms with E-state index in [1.807, 2.05) is 0 Å². The zero-order valence-corrected chi connectivity index (χ0v) is 8.38. The van der Waals surface area contributed by atoms with E-state index >= 15 is 0 Å². The molecule has 3 rings (SSSR count). The van der Waals surface area contributed by atoms with Gasteiger partial charge < -0.3 is 0 Å². The van der Waals surface area contributed by atoms with Crippen LogP contribution in [0.3, 0.4) is 0 Å². The highest BCUT2D eigenvalue weighted by atomic mass is 32.2. The summed E-state index contributed by atoms with van der Waals surface area (Å²) >= 11 is 0. The molecule has 0 N–H and O–H groups in total. The van der Waals surface area contributed by atoms with E-state index in [9.17, 15) is 8.42 Å². The van der Waals surface area contributed by atoms with Crippen molar-refractivity contribution in [2.45, 2.75) is 24.5 Å². The van der Waals surface area contributed by atoms with Gasteiger partial charge in [-0.2, -0.15) is 8.42 Å². The van der Waals surface area contributed by atoms with Crippen LogP contribution in [0.25, 0.3) is 0 Å². The Balaban J connectivity index is 1.78. The molecule has 2 saturated heterocycles. The fraction of sp³-hybridized carbons (Fsp3) is 1.00. The van der Waals surface area contributed by atoms with Gasteiger partial charge in [-0.25, -0.2) is 0 Å². The average Bonchev–Trinajstić information content (AvgIpc) is 2.45. The molecular weight excluding hydrogens is 190 g/mol. The predicted octanol–water partition coefficient (Wildman–Crippen LogP) is -0.191. The molecule has 1 saturated carbocycles. The highest BCUT2D eigenvalue weighted by Crippen LogP contribution is 2.64. The Morgan fingerprint density at radius 1 is 1.46 bits per heavy atom. The van der Waals surface area contributed by atoms with Crippen molar-refractivity contribution >= 4 is 10.1 Å². The highest BCUT2D eigenvalue weighted by molar-refractivity contribution is 7.86. The van der Waals surface area contributed by atoms with Crippen LogP contribution in [0.15, 0.2) is 0 Å². The van der Waals surface area contributed by atoms with Gasteiger partial charge in [0.2, 0.25) is 0 Å². The van der Waals surface area contributed by atoms with Crippen molar-refractivity contribution < 1.29 is 12.6 Å². The molecule has 2 heterocycles. The van der Waals surface area contributed by atoms with Gasteiger partial charge in [-0.15, -0.1) is 0 Å². The zero-order valence-electron chi connectivity index (χ0n) is 7.56. The van der Waals surface area contributed by atoms with Crippen molar-refractivity contribution in [1.82, 2.24) is 4.90 Å². The number of hydrogen-bond donors (Lipinski definition) is 0. The molecule has 5 heteroatoms. The Morgan fingerprint density at radius 3 is 2.69 bits per heavy atom. The lowest BCUT2D eigenvalue weighted by Crippen LogP contribution is -2.51. The summed E-state index contributed by atoms with van der Waals surface area (Å²) in [4.78, 5) is 2.37. The molecule has 2 aliphatic heterocycles. The molecule has 4 nitrogen and oxygen atoms in total. The van der Waals surface area contributed by atoms with Crippen LogP contribution in [0, 0.1) is 5.92 Å². The molecule has 13 heavy (non-hydrogen) atoms. The quantitative estimate of drug-likeness (QED) is 0.584. The van der Waals surface area contributed by atoms with E-state index in [0.29, 0.717) is 5.92 Å². The van der Waals surface area contributed by atoms with Crippen LogP contribution in [0.1, 0.15) is 12.8 Å². The molecule has 0 radical (unpaired) electrons. The summed E-state index contributed by atoms with van der Waals surface area (Å²) < 4.78 is 27.0. The first kappa shape index (κ1) is 8.20. The Bertz CT molecular complexity index is 352. The molecule has 0 aromatic rings. The molecular formula is C8H13NO3S. The van der Waals surface area contributed by atoms with Crippen molar-refractivity contribution in [1.29, 1.82) is 0 Å². The summed E-state index contributed by atoms with van der Waals surface area (Å²) in [6.07, 6.45) is 3.35. The van der Waals surface area contributed by atoms with Crippen LogP contribution in [0.2, 0.25) is 0 Å². The van der Waals surface area contributed by atoms with E-state index in [-0.39, 0.29) is 11.6 Å². The molecule has 0 aromatic heterocycles. The minimum Gasteiger partial charge on any atom is -0.295 e. The minimum absolute atomic E-state index is 0.0231. The van der Waals surface area contributed by atoms with Crippen molar-refractivity contribution in [2.24, 2.45) is 5.92 Å². The van der Waals surface area contributed by atoms with Gasteiger partial charge in [0.25, 0.3) is 10.1 Å². The molecule has 0 bridgehead atoms. The van der Waals surface area contributed by atoms with Gasteiger partial charge in [0, 0.05) is 12.5 Å². The third-order valence-corrected chi connectivity index (χ3v) is 4.31. The third kappa shape index (κ3) is 0.899. The standard InChI is InChI=1S/C8H13NO3S/c1-13(10,11)12-7-6-2-4-9-5-3-8(6,7)9/h6-7H,2-5H2,1H3/t6?,7?,8-/m0/s1. The van der Waals surface area contributed by atoms with Crippen molar-refractivity contribution in [3.63, 3.8) is 0 Å². The van der Waals surface area contributed by atoms with E-state index in [1.54, 1.807) is 0 Å². The lowest BCUT2D eigenvalue weighted by molar-refractivity contribution is 0.0549. The third-order valence-electron chi connectivity index (χ3n) is 3.75. The maximum Gasteiger partial charge on any atom is 0.264 e. The summed E-state index contributed by atoms with van der Waals surface area (Å²) in [5.74, 6) is 0.496. The predicted molar refractivity (Wildman–Crippen MR) is 46.7 cm³/mol. The normalized spacial score (nSPS) is 48.1. The Morgan fingerprint density at radius 2 is 2.23 bits per heavy atom. The van der Waals surface area contributed by atoms with Crippen LogP contribution in [0.5, 0.6) is 0 Å². The summed E-state index contributed by atoms with van der Waals surface area (Å²) in [5.41, 5.74) is 0.156. The first-order valence-corrected chi connectivity index (χ1v) is 6.49. The van der Waals surface area contributed by atoms with E-state index in [0.717, 1.165) is 32.2 Å². The van der Waals surface area contributed by atoms with Gasteiger partial charge in [-0.1, -0.05) is 0 Å². The van der Waals surface area contributed by atoms with Crippen LogP contribution in [0.4, 0.5) is 0 Å². The summed E-state index contributed by atoms with van der Waals surface area (Å²) in [6.45, 7) is 2.26. The van der Waals surface area contributed by atoms with Gasteiger partial charge in [0.05, 0.1) is 11.8 Å². The van der Waals surface area contributed by atoms with Crippen molar-refractivity contribution in [2.75, 3.05) is 19.3 Å². The Labute approximate surface area is 78.0 Å². The summed E-state index contributed by atoms with van der Waals surface area (Å²) in [5, 5.41) is 0. The van der Waals surface area contributed by atoms with Crippen molar-refractivity contribution in [3.05, 3.63) is 0 Å². The second kappa shape index (κ2) is 2.10. The molecule has 3 fully saturated rings.